The van der Waals surface area contributed by atoms with E-state index < -0.39 is 0 Å². The fourth-order valence-electron chi connectivity index (χ4n) is 1.89. The molecule has 2 aromatic carbocycles. The van der Waals surface area contributed by atoms with Crippen molar-refractivity contribution in [2.45, 2.75) is 0 Å². The van der Waals surface area contributed by atoms with Crippen LogP contribution in [-0.4, -0.2) is 9.97 Å². The van der Waals surface area contributed by atoms with Crippen molar-refractivity contribution in [2.24, 2.45) is 0 Å². The molecule has 0 saturated heterocycles. The van der Waals surface area contributed by atoms with Crippen LogP contribution in [-0.2, 0) is 0 Å². The zero-order chi connectivity index (χ0) is 13.9. The first-order valence-electron chi connectivity index (χ1n) is 6.08. The lowest BCUT2D eigenvalue weighted by atomic mass is 10.2. The summed E-state index contributed by atoms with van der Waals surface area (Å²) >= 11 is 12.1. The normalized spacial score (nSPS) is 11.3. The van der Waals surface area contributed by atoms with Gasteiger partial charge in [-0.25, -0.2) is 9.97 Å². The average molecular weight is 301 g/mol. The Balaban J connectivity index is 2.01. The van der Waals surface area contributed by atoms with E-state index in [9.17, 15) is 0 Å². The van der Waals surface area contributed by atoms with E-state index >= 15 is 0 Å². The molecule has 0 aliphatic rings. The lowest BCUT2D eigenvalue weighted by Gasteiger charge is -2.02. The average Bonchev–Trinajstić information content (AvgIpc) is 2.47. The number of nitrogens with zero attached hydrogens (tertiary/aromatic N) is 2. The third kappa shape index (κ3) is 2.82. The first-order chi connectivity index (χ1) is 9.72. The van der Waals surface area contributed by atoms with Crippen LogP contribution in [0.5, 0.6) is 0 Å². The van der Waals surface area contributed by atoms with E-state index in [1.54, 1.807) is 12.1 Å². The summed E-state index contributed by atoms with van der Waals surface area (Å²) in [6.07, 6.45) is 3.79. The number of aromatic nitrogens is 2. The van der Waals surface area contributed by atoms with Crippen LogP contribution in [0.4, 0.5) is 0 Å². The molecule has 4 heteroatoms. The molecule has 0 saturated carbocycles. The monoisotopic (exact) mass is 300 g/mol. The summed E-state index contributed by atoms with van der Waals surface area (Å²) < 4.78 is 0. The minimum atomic E-state index is 0.408. The Labute approximate surface area is 126 Å². The van der Waals surface area contributed by atoms with E-state index in [-0.39, 0.29) is 0 Å². The molecule has 0 spiro atoms. The maximum absolute atomic E-state index is 6.17. The lowest BCUT2D eigenvalue weighted by molar-refractivity contribution is 1.19. The Morgan fingerprint density at radius 1 is 0.850 bits per heavy atom. The van der Waals surface area contributed by atoms with Gasteiger partial charge in [0.2, 0.25) is 0 Å². The van der Waals surface area contributed by atoms with Crippen molar-refractivity contribution in [2.75, 3.05) is 0 Å². The number of hydrogen-bond acceptors (Lipinski definition) is 2. The van der Waals surface area contributed by atoms with Gasteiger partial charge in [0.05, 0.1) is 5.52 Å². The van der Waals surface area contributed by atoms with Crippen molar-refractivity contribution in [3.05, 3.63) is 70.1 Å². The van der Waals surface area contributed by atoms with Gasteiger partial charge in [0.1, 0.15) is 5.15 Å². The van der Waals surface area contributed by atoms with Gasteiger partial charge in [-0.2, -0.15) is 0 Å². The zero-order valence-electron chi connectivity index (χ0n) is 10.4. The van der Waals surface area contributed by atoms with Crippen LogP contribution in [0, 0.1) is 0 Å². The predicted molar refractivity (Wildman–Crippen MR) is 84.9 cm³/mol. The maximum atomic E-state index is 6.17. The van der Waals surface area contributed by atoms with Crippen molar-refractivity contribution < 1.29 is 0 Å². The van der Waals surface area contributed by atoms with Gasteiger partial charge in [-0.15, -0.1) is 0 Å². The van der Waals surface area contributed by atoms with Gasteiger partial charge in [-0.05, 0) is 29.8 Å². The highest BCUT2D eigenvalue weighted by Gasteiger charge is 2.04. The van der Waals surface area contributed by atoms with Gasteiger partial charge in [0.25, 0.3) is 0 Å². The predicted octanol–water partition coefficient (Wildman–Crippen LogP) is 5.11. The van der Waals surface area contributed by atoms with Gasteiger partial charge in [0.15, 0.2) is 5.82 Å². The second kappa shape index (κ2) is 5.61. The van der Waals surface area contributed by atoms with E-state index in [1.165, 1.54) is 0 Å². The summed E-state index contributed by atoms with van der Waals surface area (Å²) in [4.78, 5) is 8.72. The van der Waals surface area contributed by atoms with E-state index in [1.807, 2.05) is 48.6 Å². The third-order valence-electron chi connectivity index (χ3n) is 2.85. The zero-order valence-corrected chi connectivity index (χ0v) is 11.9. The summed E-state index contributed by atoms with van der Waals surface area (Å²) in [5.74, 6) is 0.577. The van der Waals surface area contributed by atoms with Gasteiger partial charge < -0.3 is 0 Å². The topological polar surface area (TPSA) is 25.8 Å². The lowest BCUT2D eigenvalue weighted by Crippen LogP contribution is -1.90. The van der Waals surface area contributed by atoms with E-state index in [0.29, 0.717) is 16.0 Å². The molecule has 98 valence electrons. The second-order valence-corrected chi connectivity index (χ2v) is 5.07. The molecule has 0 aliphatic heterocycles. The quantitative estimate of drug-likeness (QED) is 0.615. The molecule has 0 unspecified atom stereocenters. The first-order valence-corrected chi connectivity index (χ1v) is 6.84. The van der Waals surface area contributed by atoms with Crippen LogP contribution in [0.25, 0.3) is 23.1 Å². The number of fused-ring (bicyclic) bond motifs is 1. The molecule has 0 aliphatic carbocycles. The standard InChI is InChI=1S/C16H10Cl2N2/c17-12-7-8-14-13(10-12)16(18)20-15(19-14)9-6-11-4-2-1-3-5-11/h1-10H. The van der Waals surface area contributed by atoms with Crippen molar-refractivity contribution in [3.63, 3.8) is 0 Å². The Bertz CT molecular complexity index is 783. The Morgan fingerprint density at radius 2 is 1.65 bits per heavy atom. The van der Waals surface area contributed by atoms with Gasteiger partial charge >= 0.3 is 0 Å². The van der Waals surface area contributed by atoms with Crippen LogP contribution in [0.1, 0.15) is 11.4 Å². The van der Waals surface area contributed by atoms with Crippen LogP contribution >= 0.6 is 23.2 Å². The molecule has 0 radical (unpaired) electrons. The smallest absolute Gasteiger partial charge is 0.154 e. The fourth-order valence-corrected chi connectivity index (χ4v) is 2.30. The molecule has 0 amide bonds. The minimum Gasteiger partial charge on any atom is -0.229 e. The molecule has 0 N–H and O–H groups in total. The highest BCUT2D eigenvalue weighted by molar-refractivity contribution is 6.35. The summed E-state index contributed by atoms with van der Waals surface area (Å²) in [6.45, 7) is 0. The highest BCUT2D eigenvalue weighted by atomic mass is 35.5. The van der Waals surface area contributed by atoms with Crippen molar-refractivity contribution in [1.29, 1.82) is 0 Å². The number of halogens is 2. The van der Waals surface area contributed by atoms with Gasteiger partial charge in [0, 0.05) is 10.4 Å². The Morgan fingerprint density at radius 3 is 2.45 bits per heavy atom. The number of benzene rings is 2. The van der Waals surface area contributed by atoms with Crippen LogP contribution in [0.15, 0.2) is 48.5 Å². The van der Waals surface area contributed by atoms with Crippen LogP contribution in [0.2, 0.25) is 10.2 Å². The molecule has 1 heterocycles. The van der Waals surface area contributed by atoms with Crippen molar-refractivity contribution in [3.8, 4) is 0 Å². The second-order valence-electron chi connectivity index (χ2n) is 4.28. The number of hydrogen-bond donors (Lipinski definition) is 0. The summed E-state index contributed by atoms with van der Waals surface area (Å²) in [6, 6.07) is 15.4. The largest absolute Gasteiger partial charge is 0.229 e. The van der Waals surface area contributed by atoms with Crippen molar-refractivity contribution >= 4 is 46.3 Å². The highest BCUT2D eigenvalue weighted by Crippen LogP contribution is 2.24. The molecular weight excluding hydrogens is 291 g/mol. The molecule has 20 heavy (non-hydrogen) atoms. The summed E-state index contributed by atoms with van der Waals surface area (Å²) in [7, 11) is 0. The first kappa shape index (κ1) is 13.1. The Kier molecular flexibility index (Phi) is 3.68. The fraction of sp³-hybridized carbons (Fsp3) is 0. The maximum Gasteiger partial charge on any atom is 0.154 e. The van der Waals surface area contributed by atoms with Crippen LogP contribution < -0.4 is 0 Å². The molecule has 2 nitrogen and oxygen atoms in total. The minimum absolute atomic E-state index is 0.408. The van der Waals surface area contributed by atoms with Gasteiger partial charge in [-0.3, -0.25) is 0 Å². The van der Waals surface area contributed by atoms with E-state index in [0.717, 1.165) is 16.5 Å². The van der Waals surface area contributed by atoms with Crippen molar-refractivity contribution in [1.82, 2.24) is 9.97 Å². The molecule has 0 atom stereocenters. The molecule has 0 bridgehead atoms. The summed E-state index contributed by atoms with van der Waals surface area (Å²) in [5, 5.41) is 1.79. The molecule has 3 rings (SSSR count). The Hall–Kier alpha value is -1.90. The van der Waals surface area contributed by atoms with E-state index in [2.05, 4.69) is 9.97 Å². The molecule has 3 aromatic rings. The SMILES string of the molecule is Clc1ccc2nc(C=Cc3ccccc3)nc(Cl)c2c1. The third-order valence-corrected chi connectivity index (χ3v) is 3.38. The molecular formula is C16H10Cl2N2. The van der Waals surface area contributed by atoms with Gasteiger partial charge in [-0.1, -0.05) is 59.6 Å². The molecule has 1 aromatic heterocycles. The summed E-state index contributed by atoms with van der Waals surface area (Å²) in [5.41, 5.74) is 1.87. The number of rotatable bonds is 2. The van der Waals surface area contributed by atoms with E-state index in [4.69, 9.17) is 23.2 Å². The molecule has 0 fully saturated rings. The van der Waals surface area contributed by atoms with Crippen LogP contribution in [0.3, 0.4) is 0 Å².